The van der Waals surface area contributed by atoms with E-state index in [1.165, 1.54) is 4.90 Å². The number of carbonyl (C=O) groups excluding carboxylic acids is 2. The van der Waals surface area contributed by atoms with E-state index in [0.717, 1.165) is 16.7 Å². The summed E-state index contributed by atoms with van der Waals surface area (Å²) in [6.07, 6.45) is 3.19. The number of nitrogen functional groups attached to an aromatic ring is 1. The SMILES string of the molecule is C[C@@H](CC(=O)N1C(=O)[C@H](Cc2ccnc(N)c2)[C@H]1Cc1ccccc1)c1ccccc1. The van der Waals surface area contributed by atoms with Crippen molar-refractivity contribution in [3.8, 4) is 0 Å². The molecule has 3 aromatic rings. The van der Waals surface area contributed by atoms with Crippen LogP contribution in [-0.2, 0) is 22.4 Å². The Bertz CT molecular complexity index is 1050. The van der Waals surface area contributed by atoms with E-state index in [1.807, 2.05) is 73.7 Å². The third-order valence-electron chi connectivity index (χ3n) is 6.06. The fourth-order valence-corrected chi connectivity index (χ4v) is 4.36. The molecule has 1 aliphatic heterocycles. The van der Waals surface area contributed by atoms with Gasteiger partial charge in [0.25, 0.3) is 0 Å². The van der Waals surface area contributed by atoms with Crippen LogP contribution in [0.3, 0.4) is 0 Å². The van der Waals surface area contributed by atoms with E-state index in [2.05, 4.69) is 4.98 Å². The molecule has 5 nitrogen and oxygen atoms in total. The zero-order valence-electron chi connectivity index (χ0n) is 17.6. The lowest BCUT2D eigenvalue weighted by molar-refractivity contribution is -0.166. The van der Waals surface area contributed by atoms with Gasteiger partial charge in [-0.05, 0) is 47.6 Å². The number of nitrogens with two attached hydrogens (primary N) is 1. The molecule has 0 aliphatic carbocycles. The molecule has 1 fully saturated rings. The number of aromatic nitrogens is 1. The molecule has 5 heteroatoms. The second-order valence-corrected chi connectivity index (χ2v) is 8.27. The van der Waals surface area contributed by atoms with Crippen molar-refractivity contribution >= 4 is 17.6 Å². The smallest absolute Gasteiger partial charge is 0.235 e. The third-order valence-corrected chi connectivity index (χ3v) is 6.06. The molecule has 0 radical (unpaired) electrons. The average molecular weight is 414 g/mol. The highest BCUT2D eigenvalue weighted by Gasteiger charge is 2.49. The average Bonchev–Trinajstić information content (AvgIpc) is 2.78. The highest BCUT2D eigenvalue weighted by molar-refractivity contribution is 6.02. The van der Waals surface area contributed by atoms with Gasteiger partial charge in [-0.15, -0.1) is 0 Å². The summed E-state index contributed by atoms with van der Waals surface area (Å²) in [4.78, 5) is 31.7. The van der Waals surface area contributed by atoms with E-state index < -0.39 is 0 Å². The molecule has 1 aromatic heterocycles. The van der Waals surface area contributed by atoms with Gasteiger partial charge in [-0.3, -0.25) is 14.5 Å². The fourth-order valence-electron chi connectivity index (χ4n) is 4.36. The maximum atomic E-state index is 13.1. The molecule has 1 aliphatic rings. The minimum absolute atomic E-state index is 0.0536. The van der Waals surface area contributed by atoms with Crippen molar-refractivity contribution < 1.29 is 9.59 Å². The first-order chi connectivity index (χ1) is 15.0. The van der Waals surface area contributed by atoms with Gasteiger partial charge in [-0.25, -0.2) is 4.98 Å². The van der Waals surface area contributed by atoms with Gasteiger partial charge in [0.1, 0.15) is 5.82 Å². The Labute approximate surface area is 182 Å². The number of hydrogen-bond acceptors (Lipinski definition) is 4. The third kappa shape index (κ3) is 4.66. The molecule has 2 N–H and O–H groups in total. The zero-order valence-corrected chi connectivity index (χ0v) is 17.6. The van der Waals surface area contributed by atoms with Crippen LogP contribution in [0.5, 0.6) is 0 Å². The molecule has 2 heterocycles. The first-order valence-electron chi connectivity index (χ1n) is 10.7. The van der Waals surface area contributed by atoms with Crippen molar-refractivity contribution in [3.05, 3.63) is 95.7 Å². The number of carbonyl (C=O) groups is 2. The monoisotopic (exact) mass is 413 g/mol. The van der Waals surface area contributed by atoms with Crippen LogP contribution in [0.2, 0.25) is 0 Å². The van der Waals surface area contributed by atoms with E-state index in [9.17, 15) is 9.59 Å². The normalized spacial score (nSPS) is 19.0. The number of imide groups is 1. The molecule has 2 amide bonds. The predicted octanol–water partition coefficient (Wildman–Crippen LogP) is 4.00. The summed E-state index contributed by atoms with van der Waals surface area (Å²) >= 11 is 0. The first-order valence-corrected chi connectivity index (χ1v) is 10.7. The molecule has 0 saturated carbocycles. The van der Waals surface area contributed by atoms with Crippen molar-refractivity contribution in [2.45, 2.75) is 38.1 Å². The predicted molar refractivity (Wildman–Crippen MR) is 121 cm³/mol. The molecular formula is C26H27N3O2. The van der Waals surface area contributed by atoms with E-state index in [-0.39, 0.29) is 29.7 Å². The summed E-state index contributed by atoms with van der Waals surface area (Å²) in [6.45, 7) is 2.03. The Balaban J connectivity index is 1.52. The van der Waals surface area contributed by atoms with E-state index in [1.54, 1.807) is 12.3 Å². The molecule has 2 aromatic carbocycles. The van der Waals surface area contributed by atoms with Gasteiger partial charge < -0.3 is 5.73 Å². The van der Waals surface area contributed by atoms with Gasteiger partial charge in [0, 0.05) is 12.6 Å². The maximum Gasteiger partial charge on any atom is 0.235 e. The van der Waals surface area contributed by atoms with Crippen molar-refractivity contribution in [2.75, 3.05) is 5.73 Å². The van der Waals surface area contributed by atoms with Crippen LogP contribution in [0.25, 0.3) is 0 Å². The van der Waals surface area contributed by atoms with Crippen LogP contribution in [-0.4, -0.2) is 27.7 Å². The fraction of sp³-hybridized carbons (Fsp3) is 0.269. The van der Waals surface area contributed by atoms with Gasteiger partial charge in [0.05, 0.1) is 12.0 Å². The second kappa shape index (κ2) is 9.13. The van der Waals surface area contributed by atoms with Gasteiger partial charge in [-0.1, -0.05) is 67.6 Å². The van der Waals surface area contributed by atoms with E-state index in [0.29, 0.717) is 25.1 Å². The molecule has 0 bridgehead atoms. The van der Waals surface area contributed by atoms with Crippen molar-refractivity contribution in [2.24, 2.45) is 5.92 Å². The Morgan fingerprint density at radius 2 is 1.68 bits per heavy atom. The van der Waals surface area contributed by atoms with Gasteiger partial charge in [-0.2, -0.15) is 0 Å². The molecule has 1 saturated heterocycles. The zero-order chi connectivity index (χ0) is 21.8. The number of hydrogen-bond donors (Lipinski definition) is 1. The Morgan fingerprint density at radius 1 is 1.00 bits per heavy atom. The van der Waals surface area contributed by atoms with Crippen LogP contribution < -0.4 is 5.73 Å². The van der Waals surface area contributed by atoms with E-state index >= 15 is 0 Å². The minimum atomic E-state index is -0.238. The minimum Gasteiger partial charge on any atom is -0.384 e. The quantitative estimate of drug-likeness (QED) is 0.594. The molecule has 158 valence electrons. The molecule has 0 spiro atoms. The molecule has 4 rings (SSSR count). The highest BCUT2D eigenvalue weighted by Crippen LogP contribution is 2.34. The number of β-lactam (4-membered cyclic amide) rings is 1. The lowest BCUT2D eigenvalue weighted by Crippen LogP contribution is -2.64. The van der Waals surface area contributed by atoms with Gasteiger partial charge in [0.15, 0.2) is 0 Å². The largest absolute Gasteiger partial charge is 0.384 e. The number of nitrogens with zero attached hydrogens (tertiary/aromatic N) is 2. The summed E-state index contributed by atoms with van der Waals surface area (Å²) < 4.78 is 0. The molecular weight excluding hydrogens is 386 g/mol. The number of anilines is 1. The van der Waals surface area contributed by atoms with Crippen LogP contribution >= 0.6 is 0 Å². The summed E-state index contributed by atoms with van der Waals surface area (Å²) in [5.74, 6) is 0.0544. The summed E-state index contributed by atoms with van der Waals surface area (Å²) in [7, 11) is 0. The van der Waals surface area contributed by atoms with Crippen molar-refractivity contribution in [1.29, 1.82) is 0 Å². The first kappa shape index (κ1) is 20.8. The topological polar surface area (TPSA) is 76.3 Å². The van der Waals surface area contributed by atoms with Crippen molar-refractivity contribution in [3.63, 3.8) is 0 Å². The van der Waals surface area contributed by atoms with Gasteiger partial charge in [0.2, 0.25) is 11.8 Å². The second-order valence-electron chi connectivity index (χ2n) is 8.27. The summed E-state index contributed by atoms with van der Waals surface area (Å²) in [6, 6.07) is 23.5. The molecule has 0 unspecified atom stereocenters. The number of amides is 2. The number of likely N-dealkylation sites (tertiary alicyclic amines) is 1. The lowest BCUT2D eigenvalue weighted by Gasteiger charge is -2.46. The lowest BCUT2D eigenvalue weighted by atomic mass is 9.78. The van der Waals surface area contributed by atoms with Crippen molar-refractivity contribution in [1.82, 2.24) is 9.88 Å². The number of rotatable bonds is 7. The van der Waals surface area contributed by atoms with E-state index in [4.69, 9.17) is 5.73 Å². The van der Waals surface area contributed by atoms with Gasteiger partial charge >= 0.3 is 0 Å². The standard InChI is InChI=1S/C26H27N3O2/c1-18(21-10-6-3-7-11-21)14-25(30)29-23(16-19-8-4-2-5-9-19)22(26(29)31)15-20-12-13-28-24(27)17-20/h2-13,17-18,22-23H,14-16H2,1H3,(H2,27,28)/t18-,22+,23+/m0/s1. The van der Waals surface area contributed by atoms with Crippen LogP contribution in [0.15, 0.2) is 79.0 Å². The number of benzene rings is 2. The maximum absolute atomic E-state index is 13.1. The molecule has 31 heavy (non-hydrogen) atoms. The Hall–Kier alpha value is -3.47. The Kier molecular flexibility index (Phi) is 6.12. The van der Waals surface area contributed by atoms with Crippen LogP contribution in [0.1, 0.15) is 36.0 Å². The summed E-state index contributed by atoms with van der Waals surface area (Å²) in [5, 5.41) is 0. The summed E-state index contributed by atoms with van der Waals surface area (Å²) in [5.41, 5.74) is 9.00. The highest BCUT2D eigenvalue weighted by atomic mass is 16.2. The van der Waals surface area contributed by atoms with Crippen LogP contribution in [0, 0.1) is 5.92 Å². The van der Waals surface area contributed by atoms with Crippen LogP contribution in [0.4, 0.5) is 5.82 Å². The Morgan fingerprint density at radius 3 is 2.35 bits per heavy atom. The number of pyridine rings is 1. The molecule has 3 atom stereocenters.